The quantitative estimate of drug-likeness (QED) is 0.230. The number of methoxy groups -OCH3 is 1. The first-order valence-electron chi connectivity index (χ1n) is 12.0. The number of H-pyrrole nitrogens is 1. The van der Waals surface area contributed by atoms with Crippen LogP contribution in [-0.4, -0.2) is 23.0 Å². The van der Waals surface area contributed by atoms with Crippen LogP contribution in [0.4, 0.5) is 4.39 Å². The maximum absolute atomic E-state index is 14.6. The number of carbonyl (C=O) groups excluding carboxylic acids is 1. The molecule has 2 N–H and O–H groups in total. The van der Waals surface area contributed by atoms with Gasteiger partial charge in [0.25, 0.3) is 5.91 Å². The van der Waals surface area contributed by atoms with E-state index in [0.29, 0.717) is 5.56 Å². The van der Waals surface area contributed by atoms with E-state index in [1.165, 1.54) is 13.2 Å². The number of benzene rings is 5. The fourth-order valence-corrected chi connectivity index (χ4v) is 5.36. The third-order valence-corrected chi connectivity index (χ3v) is 7.40. The summed E-state index contributed by atoms with van der Waals surface area (Å²) in [7, 11) is 1.38. The number of imidazole rings is 1. The van der Waals surface area contributed by atoms with E-state index < -0.39 is 5.82 Å². The molecule has 0 unspecified atom stereocenters. The molecule has 0 aliphatic carbocycles. The van der Waals surface area contributed by atoms with Crippen LogP contribution in [0.2, 0.25) is 5.02 Å². The van der Waals surface area contributed by atoms with Gasteiger partial charge in [-0.15, -0.1) is 0 Å². The summed E-state index contributed by atoms with van der Waals surface area (Å²) >= 11 is 6.15. The predicted octanol–water partition coefficient (Wildman–Crippen LogP) is 7.45. The molecule has 38 heavy (non-hydrogen) atoms. The maximum atomic E-state index is 14.6. The predicted molar refractivity (Wildman–Crippen MR) is 147 cm³/mol. The highest BCUT2D eigenvalue weighted by Gasteiger charge is 2.20. The van der Waals surface area contributed by atoms with Crippen LogP contribution in [0.1, 0.15) is 15.9 Å². The molecule has 0 radical (unpaired) electrons. The Balaban J connectivity index is 1.23. The van der Waals surface area contributed by atoms with Gasteiger partial charge in [-0.2, -0.15) is 0 Å². The summed E-state index contributed by atoms with van der Waals surface area (Å²) in [5, 5.41) is 6.75. The number of amides is 1. The molecule has 0 saturated carbocycles. The van der Waals surface area contributed by atoms with Gasteiger partial charge in [0.2, 0.25) is 0 Å². The van der Waals surface area contributed by atoms with Crippen molar-refractivity contribution < 1.29 is 18.3 Å². The van der Waals surface area contributed by atoms with Crippen molar-refractivity contribution in [2.75, 3.05) is 7.11 Å². The van der Waals surface area contributed by atoms with E-state index in [2.05, 4.69) is 33.5 Å². The molecule has 0 fully saturated rings. The van der Waals surface area contributed by atoms with Gasteiger partial charge in [-0.05, 0) is 54.1 Å². The highest BCUT2D eigenvalue weighted by atomic mass is 35.5. The normalized spacial score (nSPS) is 11.8. The summed E-state index contributed by atoms with van der Waals surface area (Å²) in [6.07, 6.45) is 1.70. The topological polar surface area (TPSA) is 80.1 Å². The number of halogens is 2. The molecular weight excluding hydrogens is 505 g/mol. The highest BCUT2D eigenvalue weighted by molar-refractivity contribution is 6.31. The largest absolute Gasteiger partial charge is 0.494 e. The van der Waals surface area contributed by atoms with E-state index >= 15 is 0 Å². The van der Waals surface area contributed by atoms with E-state index in [1.807, 2.05) is 24.3 Å². The minimum Gasteiger partial charge on any atom is -0.494 e. The van der Waals surface area contributed by atoms with Crippen molar-refractivity contribution in [2.45, 2.75) is 6.54 Å². The van der Waals surface area contributed by atoms with Crippen LogP contribution in [0, 0.1) is 5.82 Å². The van der Waals surface area contributed by atoms with Gasteiger partial charge in [0.05, 0.1) is 24.5 Å². The smallest absolute Gasteiger partial charge is 0.251 e. The second-order valence-corrected chi connectivity index (χ2v) is 9.52. The fraction of sp³-hybridized carbons (Fsp3) is 0.0667. The Morgan fingerprint density at radius 1 is 1.03 bits per heavy atom. The van der Waals surface area contributed by atoms with E-state index in [0.717, 1.165) is 54.9 Å². The zero-order chi connectivity index (χ0) is 26.0. The van der Waals surface area contributed by atoms with Crippen molar-refractivity contribution in [2.24, 2.45) is 0 Å². The van der Waals surface area contributed by atoms with Gasteiger partial charge in [0.15, 0.2) is 11.6 Å². The number of nitrogens with one attached hydrogen (secondary N) is 2. The zero-order valence-electron chi connectivity index (χ0n) is 20.1. The maximum Gasteiger partial charge on any atom is 0.251 e. The van der Waals surface area contributed by atoms with Crippen LogP contribution in [0.25, 0.3) is 54.9 Å². The van der Waals surface area contributed by atoms with Crippen molar-refractivity contribution in [1.29, 1.82) is 0 Å². The van der Waals surface area contributed by atoms with E-state index in [1.54, 1.807) is 24.5 Å². The molecule has 2 bridgehead atoms. The highest BCUT2D eigenvalue weighted by Crippen LogP contribution is 2.42. The summed E-state index contributed by atoms with van der Waals surface area (Å²) in [6.45, 7) is -0.0728. The first-order valence-corrected chi connectivity index (χ1v) is 12.3. The van der Waals surface area contributed by atoms with Crippen molar-refractivity contribution in [1.82, 2.24) is 15.3 Å². The summed E-state index contributed by atoms with van der Waals surface area (Å²) in [5.41, 5.74) is 6.10. The van der Waals surface area contributed by atoms with Gasteiger partial charge in [0.1, 0.15) is 11.2 Å². The lowest BCUT2D eigenvalue weighted by Crippen LogP contribution is -2.23. The second kappa shape index (κ2) is 8.46. The minimum absolute atomic E-state index is 0.0700. The Bertz CT molecular complexity index is 2030. The molecular formula is C30H19ClFN3O3. The number of carbonyl (C=O) groups is 1. The Labute approximate surface area is 220 Å². The van der Waals surface area contributed by atoms with Gasteiger partial charge in [-0.3, -0.25) is 4.79 Å². The Morgan fingerprint density at radius 2 is 1.82 bits per heavy atom. The Morgan fingerprint density at radius 3 is 2.63 bits per heavy atom. The van der Waals surface area contributed by atoms with Gasteiger partial charge >= 0.3 is 0 Å². The average molecular weight is 524 g/mol. The van der Waals surface area contributed by atoms with E-state index in [-0.39, 0.29) is 28.8 Å². The first kappa shape index (κ1) is 22.6. The van der Waals surface area contributed by atoms with Crippen molar-refractivity contribution in [3.05, 3.63) is 95.0 Å². The average Bonchev–Trinajstić information content (AvgIpc) is 3.66. The molecule has 0 saturated heterocycles. The number of nitrogens with zero attached hydrogens (tertiary/aromatic N) is 1. The lowest BCUT2D eigenvalue weighted by Gasteiger charge is -2.11. The van der Waals surface area contributed by atoms with Crippen molar-refractivity contribution in [3.8, 4) is 16.9 Å². The number of para-hydroxylation sites is 1. The molecule has 7 rings (SSSR count). The minimum atomic E-state index is -0.591. The SMILES string of the molecule is COc1ccc(Cl)c(CNC(=O)c2ccc3c(c2)c2oc3c3cc(-c4cccc5[nH]cnc45)ccc32)c1F. The lowest BCUT2D eigenvalue weighted by atomic mass is 9.97. The Hall–Kier alpha value is -4.62. The molecule has 8 heteroatoms. The molecule has 0 spiro atoms. The molecule has 7 aromatic rings. The number of aromatic nitrogens is 2. The summed E-state index contributed by atoms with van der Waals surface area (Å²) in [5.74, 6) is -0.866. The molecule has 3 heterocycles. The summed E-state index contributed by atoms with van der Waals surface area (Å²) in [4.78, 5) is 20.6. The summed E-state index contributed by atoms with van der Waals surface area (Å²) in [6, 6.07) is 20.7. The number of hydrogen-bond acceptors (Lipinski definition) is 4. The monoisotopic (exact) mass is 523 g/mol. The number of aromatic amines is 1. The molecule has 1 amide bonds. The molecule has 0 atom stereocenters. The Kier molecular flexibility index (Phi) is 5.03. The van der Waals surface area contributed by atoms with E-state index in [9.17, 15) is 9.18 Å². The van der Waals surface area contributed by atoms with Crippen molar-refractivity contribution >= 4 is 61.3 Å². The van der Waals surface area contributed by atoms with Crippen LogP contribution in [0.5, 0.6) is 5.75 Å². The molecule has 3 aromatic heterocycles. The fourth-order valence-electron chi connectivity index (χ4n) is 5.15. The number of rotatable bonds is 5. The third kappa shape index (κ3) is 3.32. The number of hydrogen-bond donors (Lipinski definition) is 2. The van der Waals surface area contributed by atoms with Gasteiger partial charge < -0.3 is 19.5 Å². The summed E-state index contributed by atoms with van der Waals surface area (Å²) < 4.78 is 25.8. The number of ether oxygens (including phenoxy) is 1. The van der Waals surface area contributed by atoms with Gasteiger partial charge in [-0.25, -0.2) is 9.37 Å². The second-order valence-electron chi connectivity index (χ2n) is 9.11. The molecule has 4 aromatic carbocycles. The molecule has 0 aliphatic rings. The van der Waals surface area contributed by atoms with Crippen LogP contribution in [0.3, 0.4) is 0 Å². The van der Waals surface area contributed by atoms with Crippen molar-refractivity contribution in [3.63, 3.8) is 0 Å². The molecule has 6 nitrogen and oxygen atoms in total. The standard InChI is InChI=1S/C30H19ClFN3O3/c1-37-25-10-9-23(31)22(26(25)32)13-33-30(36)16-6-8-19-21(12-16)29-18-7-5-15(11-20(18)28(19)38-29)17-3-2-4-24-27(17)35-14-34-24/h2-12,14H,13H2,1H3,(H,33,36)(H,34,35). The molecule has 186 valence electrons. The lowest BCUT2D eigenvalue weighted by molar-refractivity contribution is 0.0950. The van der Waals surface area contributed by atoms with Gasteiger partial charge in [0, 0.05) is 49.8 Å². The number of furan rings is 2. The third-order valence-electron chi connectivity index (χ3n) is 7.04. The zero-order valence-corrected chi connectivity index (χ0v) is 20.8. The van der Waals surface area contributed by atoms with E-state index in [4.69, 9.17) is 20.8 Å². The van der Waals surface area contributed by atoms with Crippen LogP contribution in [0.15, 0.2) is 77.5 Å². The first-order chi connectivity index (χ1) is 18.5. The van der Waals surface area contributed by atoms with Crippen LogP contribution >= 0.6 is 11.6 Å². The molecule has 0 aliphatic heterocycles. The van der Waals surface area contributed by atoms with Gasteiger partial charge in [-0.1, -0.05) is 29.8 Å². The van der Waals surface area contributed by atoms with Crippen LogP contribution < -0.4 is 10.1 Å². The van der Waals surface area contributed by atoms with Crippen LogP contribution in [-0.2, 0) is 6.54 Å². The number of fused-ring (bicyclic) bond motifs is 9.